The van der Waals surface area contributed by atoms with Crippen LogP contribution in [0.25, 0.3) is 11.4 Å². The largest absolute Gasteiger partial charge is 0.337 e. The highest BCUT2D eigenvalue weighted by molar-refractivity contribution is 5.54. The van der Waals surface area contributed by atoms with Gasteiger partial charge in [-0.2, -0.15) is 4.98 Å². The lowest BCUT2D eigenvalue weighted by molar-refractivity contribution is 0.190. The van der Waals surface area contributed by atoms with E-state index in [9.17, 15) is 8.78 Å². The van der Waals surface area contributed by atoms with Crippen molar-refractivity contribution in [2.45, 2.75) is 38.1 Å². The van der Waals surface area contributed by atoms with Gasteiger partial charge < -0.3 is 10.3 Å². The molecule has 1 aromatic carbocycles. The van der Waals surface area contributed by atoms with Gasteiger partial charge >= 0.3 is 0 Å². The van der Waals surface area contributed by atoms with Crippen molar-refractivity contribution in [3.8, 4) is 11.4 Å². The van der Waals surface area contributed by atoms with Gasteiger partial charge in [-0.3, -0.25) is 0 Å². The quantitative estimate of drug-likeness (QED) is 0.922. The number of aromatic nitrogens is 2. The average molecular weight is 293 g/mol. The summed E-state index contributed by atoms with van der Waals surface area (Å²) in [7, 11) is 0. The number of hydrogen-bond acceptors (Lipinski definition) is 4. The fraction of sp³-hybridized carbons (Fsp3) is 0.467. The van der Waals surface area contributed by atoms with E-state index < -0.39 is 17.2 Å². The van der Waals surface area contributed by atoms with E-state index in [1.165, 1.54) is 6.07 Å². The summed E-state index contributed by atoms with van der Waals surface area (Å²) < 4.78 is 31.5. The summed E-state index contributed by atoms with van der Waals surface area (Å²) in [6, 6.07) is 3.51. The molecule has 1 heterocycles. The first-order valence-corrected chi connectivity index (χ1v) is 7.06. The molecule has 1 aromatic heterocycles. The number of benzene rings is 1. The highest BCUT2D eigenvalue weighted by atomic mass is 19.2. The van der Waals surface area contributed by atoms with Crippen LogP contribution >= 0.6 is 0 Å². The first kappa shape index (κ1) is 14.1. The molecule has 2 N–H and O–H groups in total. The Morgan fingerprint density at radius 1 is 1.24 bits per heavy atom. The highest BCUT2D eigenvalue weighted by Crippen LogP contribution is 2.37. The number of halogens is 2. The maximum Gasteiger partial charge on any atom is 0.247 e. The zero-order chi connectivity index (χ0) is 15.0. The van der Waals surface area contributed by atoms with Gasteiger partial charge in [0.15, 0.2) is 11.6 Å². The van der Waals surface area contributed by atoms with E-state index in [4.69, 9.17) is 10.3 Å². The van der Waals surface area contributed by atoms with Crippen molar-refractivity contribution in [1.82, 2.24) is 10.1 Å². The Morgan fingerprint density at radius 2 is 1.95 bits per heavy atom. The SMILES string of the molecule is CC1CCC(N)(c2nc(-c3ccc(F)c(F)c3)no2)CC1. The number of nitrogens with two attached hydrogens (primary N) is 1. The third-order valence-corrected chi connectivity index (χ3v) is 4.20. The molecule has 3 rings (SSSR count). The van der Waals surface area contributed by atoms with Crippen molar-refractivity contribution >= 4 is 0 Å². The molecule has 4 nitrogen and oxygen atoms in total. The van der Waals surface area contributed by atoms with Crippen LogP contribution in [0.1, 0.15) is 38.5 Å². The van der Waals surface area contributed by atoms with Crippen LogP contribution in [0.5, 0.6) is 0 Å². The smallest absolute Gasteiger partial charge is 0.247 e. The molecule has 112 valence electrons. The van der Waals surface area contributed by atoms with Gasteiger partial charge in [0.1, 0.15) is 0 Å². The van der Waals surface area contributed by atoms with Gasteiger partial charge in [-0.1, -0.05) is 12.1 Å². The molecule has 1 fully saturated rings. The standard InChI is InChI=1S/C15H17F2N3O/c1-9-4-6-15(18,7-5-9)14-19-13(20-21-14)10-2-3-11(16)12(17)8-10/h2-3,8-9H,4-7,18H2,1H3. The van der Waals surface area contributed by atoms with E-state index in [0.29, 0.717) is 17.4 Å². The maximum absolute atomic E-state index is 13.3. The van der Waals surface area contributed by atoms with Crippen molar-refractivity contribution in [2.75, 3.05) is 0 Å². The van der Waals surface area contributed by atoms with Crippen LogP contribution in [0.15, 0.2) is 22.7 Å². The molecule has 0 aliphatic heterocycles. The summed E-state index contributed by atoms with van der Waals surface area (Å²) in [6.07, 6.45) is 3.60. The van der Waals surface area contributed by atoms with Crippen molar-refractivity contribution < 1.29 is 13.3 Å². The van der Waals surface area contributed by atoms with Crippen LogP contribution in [0, 0.1) is 17.6 Å². The Labute approximate surface area is 121 Å². The summed E-state index contributed by atoms with van der Waals surface area (Å²) >= 11 is 0. The van der Waals surface area contributed by atoms with E-state index >= 15 is 0 Å². The molecule has 0 bridgehead atoms. The Kier molecular flexibility index (Phi) is 3.49. The number of hydrogen-bond donors (Lipinski definition) is 1. The molecule has 0 saturated heterocycles. The molecule has 0 atom stereocenters. The zero-order valence-electron chi connectivity index (χ0n) is 11.8. The molecular formula is C15H17F2N3O. The highest BCUT2D eigenvalue weighted by Gasteiger charge is 2.37. The van der Waals surface area contributed by atoms with Crippen LogP contribution in [-0.4, -0.2) is 10.1 Å². The predicted octanol–water partition coefficient (Wildman–Crippen LogP) is 3.38. The first-order chi connectivity index (χ1) is 9.98. The van der Waals surface area contributed by atoms with Gasteiger partial charge in [0.05, 0.1) is 5.54 Å². The summed E-state index contributed by atoms with van der Waals surface area (Å²) in [5.41, 5.74) is 6.11. The van der Waals surface area contributed by atoms with Gasteiger partial charge in [-0.25, -0.2) is 8.78 Å². The first-order valence-electron chi connectivity index (χ1n) is 7.06. The summed E-state index contributed by atoms with van der Waals surface area (Å²) in [5, 5.41) is 3.84. The molecule has 1 saturated carbocycles. The van der Waals surface area contributed by atoms with Gasteiger partial charge in [-0.15, -0.1) is 0 Å². The Balaban J connectivity index is 1.87. The number of nitrogens with zero attached hydrogens (tertiary/aromatic N) is 2. The lowest BCUT2D eigenvalue weighted by Crippen LogP contribution is -2.40. The minimum Gasteiger partial charge on any atom is -0.337 e. The number of rotatable bonds is 2. The molecule has 21 heavy (non-hydrogen) atoms. The molecule has 0 spiro atoms. The topological polar surface area (TPSA) is 64.9 Å². The van der Waals surface area contributed by atoms with E-state index in [2.05, 4.69) is 17.1 Å². The van der Waals surface area contributed by atoms with Crippen LogP contribution in [0.3, 0.4) is 0 Å². The second-order valence-electron chi connectivity index (χ2n) is 5.89. The Hall–Kier alpha value is -1.82. The van der Waals surface area contributed by atoms with Crippen LogP contribution in [0.4, 0.5) is 8.78 Å². The zero-order valence-corrected chi connectivity index (χ0v) is 11.8. The Bertz CT molecular complexity index is 648. The van der Waals surface area contributed by atoms with Crippen LogP contribution in [-0.2, 0) is 5.54 Å². The second kappa shape index (κ2) is 5.18. The van der Waals surface area contributed by atoms with Gasteiger partial charge in [-0.05, 0) is 49.8 Å². The third-order valence-electron chi connectivity index (χ3n) is 4.20. The van der Waals surface area contributed by atoms with Gasteiger partial charge in [0.2, 0.25) is 11.7 Å². The lowest BCUT2D eigenvalue weighted by Gasteiger charge is -2.32. The predicted molar refractivity (Wildman–Crippen MR) is 73.1 cm³/mol. The molecule has 0 radical (unpaired) electrons. The summed E-state index contributed by atoms with van der Waals surface area (Å²) in [6.45, 7) is 2.19. The van der Waals surface area contributed by atoms with Crippen molar-refractivity contribution in [1.29, 1.82) is 0 Å². The molecule has 6 heteroatoms. The van der Waals surface area contributed by atoms with Crippen LogP contribution in [0.2, 0.25) is 0 Å². The van der Waals surface area contributed by atoms with Gasteiger partial charge in [0, 0.05) is 5.56 Å². The summed E-state index contributed by atoms with van der Waals surface area (Å²) in [4.78, 5) is 4.28. The Morgan fingerprint density at radius 3 is 2.62 bits per heavy atom. The lowest BCUT2D eigenvalue weighted by atomic mass is 9.78. The normalized spacial score (nSPS) is 26.0. The maximum atomic E-state index is 13.3. The van der Waals surface area contributed by atoms with Crippen LogP contribution < -0.4 is 5.73 Å². The monoisotopic (exact) mass is 293 g/mol. The molecule has 0 amide bonds. The fourth-order valence-corrected chi connectivity index (χ4v) is 2.67. The van der Waals surface area contributed by atoms with Gasteiger partial charge in [0.25, 0.3) is 0 Å². The van der Waals surface area contributed by atoms with Crippen molar-refractivity contribution in [3.05, 3.63) is 35.7 Å². The van der Waals surface area contributed by atoms with E-state index in [0.717, 1.165) is 37.8 Å². The molecule has 0 unspecified atom stereocenters. The van der Waals surface area contributed by atoms with Crippen molar-refractivity contribution in [2.24, 2.45) is 11.7 Å². The summed E-state index contributed by atoms with van der Waals surface area (Å²) in [5.74, 6) is -0.594. The van der Waals surface area contributed by atoms with E-state index in [-0.39, 0.29) is 5.82 Å². The third kappa shape index (κ3) is 2.68. The molecule has 1 aliphatic rings. The van der Waals surface area contributed by atoms with E-state index in [1.54, 1.807) is 0 Å². The molecule has 2 aromatic rings. The fourth-order valence-electron chi connectivity index (χ4n) is 2.67. The molecule has 1 aliphatic carbocycles. The second-order valence-corrected chi connectivity index (χ2v) is 5.89. The minimum atomic E-state index is -0.937. The average Bonchev–Trinajstić information content (AvgIpc) is 2.96. The van der Waals surface area contributed by atoms with Crippen molar-refractivity contribution in [3.63, 3.8) is 0 Å². The minimum absolute atomic E-state index is 0.229. The molecular weight excluding hydrogens is 276 g/mol. The van der Waals surface area contributed by atoms with E-state index in [1.807, 2.05) is 0 Å².